The highest BCUT2D eigenvalue weighted by atomic mass is 16.5. The van der Waals surface area contributed by atoms with Gasteiger partial charge in [0.15, 0.2) is 0 Å². The Bertz CT molecular complexity index is 393. The number of aryl methyl sites for hydroxylation is 1. The number of rotatable bonds is 7. The summed E-state index contributed by atoms with van der Waals surface area (Å²) in [6.07, 6.45) is 9.28. The molecule has 0 bridgehead atoms. The van der Waals surface area contributed by atoms with Crippen LogP contribution in [0.5, 0.6) is 5.75 Å². The van der Waals surface area contributed by atoms with Crippen molar-refractivity contribution in [2.75, 3.05) is 7.11 Å². The van der Waals surface area contributed by atoms with Gasteiger partial charge in [0.2, 0.25) is 0 Å². The number of ether oxygens (including phenoxy) is 1. The maximum absolute atomic E-state index is 5.20. The van der Waals surface area contributed by atoms with Gasteiger partial charge in [-0.05, 0) is 69.1 Å². The van der Waals surface area contributed by atoms with Gasteiger partial charge in [-0.1, -0.05) is 25.5 Å². The van der Waals surface area contributed by atoms with Crippen LogP contribution < -0.4 is 10.1 Å². The SMILES string of the molecule is CCC1CCC(NC(C)CCc2ccc(OC)cc2)CC1. The van der Waals surface area contributed by atoms with Gasteiger partial charge in [-0.15, -0.1) is 0 Å². The van der Waals surface area contributed by atoms with Crippen LogP contribution in [0.2, 0.25) is 0 Å². The summed E-state index contributed by atoms with van der Waals surface area (Å²) in [7, 11) is 1.72. The second kappa shape index (κ2) is 8.43. The molecule has 0 amide bonds. The van der Waals surface area contributed by atoms with Gasteiger partial charge in [0.05, 0.1) is 7.11 Å². The van der Waals surface area contributed by atoms with Gasteiger partial charge in [-0.25, -0.2) is 0 Å². The Morgan fingerprint density at radius 3 is 2.38 bits per heavy atom. The van der Waals surface area contributed by atoms with Gasteiger partial charge in [0, 0.05) is 12.1 Å². The molecule has 1 aliphatic carbocycles. The molecule has 1 unspecified atom stereocenters. The molecule has 0 radical (unpaired) electrons. The van der Waals surface area contributed by atoms with Crippen molar-refractivity contribution in [2.24, 2.45) is 5.92 Å². The fourth-order valence-corrected chi connectivity index (χ4v) is 3.40. The molecule has 1 fully saturated rings. The van der Waals surface area contributed by atoms with Crippen molar-refractivity contribution < 1.29 is 4.74 Å². The summed E-state index contributed by atoms with van der Waals surface area (Å²) in [6, 6.07) is 9.82. The summed E-state index contributed by atoms with van der Waals surface area (Å²) in [6.45, 7) is 4.66. The molecule has 0 heterocycles. The van der Waals surface area contributed by atoms with Crippen LogP contribution in [0.1, 0.15) is 57.9 Å². The first-order valence-electron chi connectivity index (χ1n) is 8.60. The topological polar surface area (TPSA) is 21.3 Å². The van der Waals surface area contributed by atoms with E-state index >= 15 is 0 Å². The van der Waals surface area contributed by atoms with E-state index in [1.807, 2.05) is 0 Å². The molecular formula is C19H31NO. The van der Waals surface area contributed by atoms with Crippen LogP contribution in [0, 0.1) is 5.92 Å². The first-order valence-corrected chi connectivity index (χ1v) is 8.60. The predicted molar refractivity (Wildman–Crippen MR) is 89.9 cm³/mol. The Kier molecular flexibility index (Phi) is 6.56. The molecule has 118 valence electrons. The highest BCUT2D eigenvalue weighted by Crippen LogP contribution is 2.26. The largest absolute Gasteiger partial charge is 0.497 e. The van der Waals surface area contributed by atoms with Crippen molar-refractivity contribution in [3.05, 3.63) is 29.8 Å². The lowest BCUT2D eigenvalue weighted by atomic mass is 9.84. The zero-order chi connectivity index (χ0) is 15.1. The molecule has 2 rings (SSSR count). The summed E-state index contributed by atoms with van der Waals surface area (Å²) in [5, 5.41) is 3.83. The highest BCUT2D eigenvalue weighted by Gasteiger charge is 2.20. The highest BCUT2D eigenvalue weighted by molar-refractivity contribution is 5.27. The summed E-state index contributed by atoms with van der Waals surface area (Å²) >= 11 is 0. The molecule has 2 nitrogen and oxygen atoms in total. The van der Waals surface area contributed by atoms with E-state index < -0.39 is 0 Å². The molecule has 0 aromatic heterocycles. The second-order valence-electron chi connectivity index (χ2n) is 6.58. The smallest absolute Gasteiger partial charge is 0.118 e. The summed E-state index contributed by atoms with van der Waals surface area (Å²) in [5.41, 5.74) is 1.40. The predicted octanol–water partition coefficient (Wildman–Crippen LogP) is 4.57. The molecule has 0 spiro atoms. The number of hydrogen-bond donors (Lipinski definition) is 1. The van der Waals surface area contributed by atoms with E-state index in [2.05, 4.69) is 43.4 Å². The Morgan fingerprint density at radius 2 is 1.81 bits per heavy atom. The van der Waals surface area contributed by atoms with E-state index in [0.717, 1.165) is 24.1 Å². The zero-order valence-corrected chi connectivity index (χ0v) is 13.9. The maximum Gasteiger partial charge on any atom is 0.118 e. The third-order valence-corrected chi connectivity index (χ3v) is 4.97. The van der Waals surface area contributed by atoms with Gasteiger partial charge >= 0.3 is 0 Å². The van der Waals surface area contributed by atoms with E-state index in [9.17, 15) is 0 Å². The molecular weight excluding hydrogens is 258 g/mol. The molecule has 2 heteroatoms. The van der Waals surface area contributed by atoms with E-state index in [0.29, 0.717) is 6.04 Å². The van der Waals surface area contributed by atoms with Gasteiger partial charge in [-0.2, -0.15) is 0 Å². The monoisotopic (exact) mass is 289 g/mol. The minimum absolute atomic E-state index is 0.607. The summed E-state index contributed by atoms with van der Waals surface area (Å²) in [5.74, 6) is 1.93. The molecule has 1 aromatic carbocycles. The molecule has 1 N–H and O–H groups in total. The van der Waals surface area contributed by atoms with Crippen LogP contribution in [0.15, 0.2) is 24.3 Å². The molecule has 1 atom stereocenters. The Hall–Kier alpha value is -1.02. The van der Waals surface area contributed by atoms with Gasteiger partial charge in [0.1, 0.15) is 5.75 Å². The lowest BCUT2D eigenvalue weighted by molar-refractivity contribution is 0.269. The normalized spacial score (nSPS) is 23.8. The average molecular weight is 289 g/mol. The van der Waals surface area contributed by atoms with Crippen LogP contribution in [-0.2, 0) is 6.42 Å². The van der Waals surface area contributed by atoms with Crippen LogP contribution in [-0.4, -0.2) is 19.2 Å². The van der Waals surface area contributed by atoms with E-state index in [-0.39, 0.29) is 0 Å². The Morgan fingerprint density at radius 1 is 1.14 bits per heavy atom. The van der Waals surface area contributed by atoms with Crippen LogP contribution in [0.25, 0.3) is 0 Å². The second-order valence-corrected chi connectivity index (χ2v) is 6.58. The zero-order valence-electron chi connectivity index (χ0n) is 13.9. The van der Waals surface area contributed by atoms with Crippen molar-refractivity contribution in [1.29, 1.82) is 0 Å². The van der Waals surface area contributed by atoms with E-state index in [1.54, 1.807) is 7.11 Å². The lowest BCUT2D eigenvalue weighted by Gasteiger charge is -2.30. The third-order valence-electron chi connectivity index (χ3n) is 4.97. The number of benzene rings is 1. The summed E-state index contributed by atoms with van der Waals surface area (Å²) in [4.78, 5) is 0. The van der Waals surface area contributed by atoms with Gasteiger partial charge in [0.25, 0.3) is 0 Å². The van der Waals surface area contributed by atoms with E-state index in [1.165, 1.54) is 44.1 Å². The molecule has 0 aliphatic heterocycles. The molecule has 1 aromatic rings. The minimum Gasteiger partial charge on any atom is -0.497 e. The van der Waals surface area contributed by atoms with Crippen LogP contribution >= 0.6 is 0 Å². The summed E-state index contributed by atoms with van der Waals surface area (Å²) < 4.78 is 5.20. The number of nitrogens with one attached hydrogen (secondary N) is 1. The third kappa shape index (κ3) is 5.35. The maximum atomic E-state index is 5.20. The van der Waals surface area contributed by atoms with E-state index in [4.69, 9.17) is 4.74 Å². The van der Waals surface area contributed by atoms with Crippen molar-refractivity contribution in [2.45, 2.75) is 70.9 Å². The average Bonchev–Trinajstić information content (AvgIpc) is 2.54. The molecule has 21 heavy (non-hydrogen) atoms. The molecule has 0 saturated heterocycles. The van der Waals surface area contributed by atoms with Gasteiger partial charge < -0.3 is 10.1 Å². The van der Waals surface area contributed by atoms with Crippen molar-refractivity contribution in [3.63, 3.8) is 0 Å². The van der Waals surface area contributed by atoms with Crippen LogP contribution in [0.3, 0.4) is 0 Å². The first-order chi connectivity index (χ1) is 10.2. The molecule has 1 saturated carbocycles. The first kappa shape index (κ1) is 16.4. The van der Waals surface area contributed by atoms with Crippen LogP contribution in [0.4, 0.5) is 0 Å². The quantitative estimate of drug-likeness (QED) is 0.793. The minimum atomic E-state index is 0.607. The lowest BCUT2D eigenvalue weighted by Crippen LogP contribution is -2.39. The molecule has 1 aliphatic rings. The Labute approximate surface area is 130 Å². The van der Waals surface area contributed by atoms with Crippen molar-refractivity contribution in [3.8, 4) is 5.75 Å². The van der Waals surface area contributed by atoms with Crippen molar-refractivity contribution in [1.82, 2.24) is 5.32 Å². The number of hydrogen-bond acceptors (Lipinski definition) is 2. The van der Waals surface area contributed by atoms with Crippen molar-refractivity contribution >= 4 is 0 Å². The standard InChI is InChI=1S/C19H31NO/c1-4-16-7-11-18(12-8-16)20-15(2)5-6-17-9-13-19(21-3)14-10-17/h9-10,13-16,18,20H,4-8,11-12H2,1-3H3. The fourth-order valence-electron chi connectivity index (χ4n) is 3.40. The Balaban J connectivity index is 1.68. The fraction of sp³-hybridized carbons (Fsp3) is 0.684. The van der Waals surface area contributed by atoms with Gasteiger partial charge in [-0.3, -0.25) is 0 Å². The number of methoxy groups -OCH3 is 1.